The Kier molecular flexibility index (Phi) is 3.76. The second kappa shape index (κ2) is 5.88. The lowest BCUT2D eigenvalue weighted by atomic mass is 10.1. The molecule has 0 bridgehead atoms. The maximum atomic E-state index is 12.6. The fraction of sp³-hybridized carbons (Fsp3) is 0.125. The monoisotopic (exact) mass is 311 g/mol. The lowest BCUT2D eigenvalue weighted by Crippen LogP contribution is -2.05. The molecule has 0 spiro atoms. The van der Waals surface area contributed by atoms with E-state index >= 15 is 0 Å². The van der Waals surface area contributed by atoms with Crippen LogP contribution < -0.4 is 4.74 Å². The molecule has 0 N–H and O–H groups in total. The van der Waals surface area contributed by atoms with Gasteiger partial charge >= 0.3 is 0 Å². The molecular weight excluding hydrogens is 298 g/mol. The zero-order chi connectivity index (χ0) is 16.4. The molecule has 0 saturated heterocycles. The third kappa shape index (κ3) is 2.76. The van der Waals surface area contributed by atoms with Crippen LogP contribution in [0.5, 0.6) is 5.75 Å². The van der Waals surface area contributed by atoms with Crippen molar-refractivity contribution in [2.24, 2.45) is 0 Å². The van der Waals surface area contributed by atoms with Crippen LogP contribution in [0.25, 0.3) is 5.65 Å². The largest absolute Gasteiger partial charge is 0.494 e. The second-order valence-electron chi connectivity index (χ2n) is 4.80. The van der Waals surface area contributed by atoms with Crippen LogP contribution in [-0.2, 0) is 0 Å². The highest BCUT2D eigenvalue weighted by Gasteiger charge is 2.16. The average molecular weight is 311 g/mol. The van der Waals surface area contributed by atoms with Crippen LogP contribution in [0, 0.1) is 10.1 Å². The number of nitro benzene ring substituents is 1. The maximum Gasteiger partial charge on any atom is 0.269 e. The molecule has 0 fully saturated rings. The number of fused-ring (bicyclic) bond motifs is 1. The quantitative estimate of drug-likeness (QED) is 0.411. The van der Waals surface area contributed by atoms with Crippen molar-refractivity contribution in [2.45, 2.75) is 6.92 Å². The molecule has 3 aromatic rings. The summed E-state index contributed by atoms with van der Waals surface area (Å²) >= 11 is 0. The first-order valence-electron chi connectivity index (χ1n) is 6.99. The van der Waals surface area contributed by atoms with Crippen molar-refractivity contribution in [3.05, 3.63) is 70.2 Å². The number of imidazole rings is 1. The third-order valence-corrected chi connectivity index (χ3v) is 3.37. The summed E-state index contributed by atoms with van der Waals surface area (Å²) < 4.78 is 7.06. The fourth-order valence-corrected chi connectivity index (χ4v) is 2.27. The molecular formula is C16H13N3O4. The Bertz CT molecular complexity index is 884. The van der Waals surface area contributed by atoms with Gasteiger partial charge in [-0.3, -0.25) is 19.3 Å². The highest BCUT2D eigenvalue weighted by atomic mass is 16.6. The van der Waals surface area contributed by atoms with Gasteiger partial charge in [0.2, 0.25) is 5.78 Å². The zero-order valence-electron chi connectivity index (χ0n) is 12.3. The minimum Gasteiger partial charge on any atom is -0.494 e. The number of nitrogens with zero attached hydrogens (tertiary/aromatic N) is 3. The van der Waals surface area contributed by atoms with Gasteiger partial charge in [0.15, 0.2) is 0 Å². The Balaban J connectivity index is 1.96. The van der Waals surface area contributed by atoms with Gasteiger partial charge in [-0.05, 0) is 25.1 Å². The molecule has 0 unspecified atom stereocenters. The predicted octanol–water partition coefficient (Wildman–Crippen LogP) is 2.87. The second-order valence-corrected chi connectivity index (χ2v) is 4.80. The number of carbonyl (C=O) groups is 1. The number of rotatable bonds is 5. The highest BCUT2D eigenvalue weighted by molar-refractivity contribution is 6.08. The van der Waals surface area contributed by atoms with Crippen LogP contribution in [0.4, 0.5) is 5.69 Å². The number of aromatic nitrogens is 2. The van der Waals surface area contributed by atoms with Crippen LogP contribution in [0.3, 0.4) is 0 Å². The van der Waals surface area contributed by atoms with E-state index in [4.69, 9.17) is 4.74 Å². The van der Waals surface area contributed by atoms with Crippen molar-refractivity contribution in [2.75, 3.05) is 6.61 Å². The van der Waals surface area contributed by atoms with Crippen LogP contribution >= 0.6 is 0 Å². The Morgan fingerprint density at radius 1 is 1.30 bits per heavy atom. The molecule has 7 nitrogen and oxygen atoms in total. The van der Waals surface area contributed by atoms with Gasteiger partial charge in [-0.1, -0.05) is 0 Å². The summed E-state index contributed by atoms with van der Waals surface area (Å²) in [4.78, 5) is 26.9. The molecule has 0 aliphatic carbocycles. The molecule has 2 heterocycles. The van der Waals surface area contributed by atoms with E-state index < -0.39 is 4.92 Å². The molecule has 0 amide bonds. The fourth-order valence-electron chi connectivity index (χ4n) is 2.27. The van der Waals surface area contributed by atoms with Gasteiger partial charge in [0.1, 0.15) is 17.1 Å². The van der Waals surface area contributed by atoms with Crippen molar-refractivity contribution >= 4 is 17.1 Å². The first-order valence-corrected chi connectivity index (χ1v) is 6.99. The number of hydrogen-bond donors (Lipinski definition) is 0. The topological polar surface area (TPSA) is 86.7 Å². The summed E-state index contributed by atoms with van der Waals surface area (Å²) in [6.45, 7) is 2.44. The van der Waals surface area contributed by atoms with Crippen molar-refractivity contribution in [1.82, 2.24) is 9.38 Å². The Morgan fingerprint density at radius 2 is 2.04 bits per heavy atom. The number of benzene rings is 1. The lowest BCUT2D eigenvalue weighted by molar-refractivity contribution is -0.384. The molecule has 23 heavy (non-hydrogen) atoms. The molecule has 7 heteroatoms. The van der Waals surface area contributed by atoms with Gasteiger partial charge in [0, 0.05) is 30.0 Å². The molecule has 0 aliphatic heterocycles. The normalized spacial score (nSPS) is 10.7. The standard InChI is InChI=1S/C16H13N3O4/c1-2-23-13-7-8-18-14(10-17-15(18)9-13)16(20)11-3-5-12(6-4-11)19(21)22/h3-10H,2H2,1H3. The number of pyridine rings is 1. The molecule has 0 radical (unpaired) electrons. The van der Waals surface area contributed by atoms with Crippen LogP contribution in [0.2, 0.25) is 0 Å². The first-order chi connectivity index (χ1) is 11.1. The summed E-state index contributed by atoms with van der Waals surface area (Å²) in [7, 11) is 0. The number of non-ortho nitro benzene ring substituents is 1. The number of ether oxygens (including phenoxy) is 1. The zero-order valence-corrected chi connectivity index (χ0v) is 12.3. The van der Waals surface area contributed by atoms with E-state index in [9.17, 15) is 14.9 Å². The first kappa shape index (κ1) is 14.7. The SMILES string of the molecule is CCOc1ccn2c(C(=O)c3ccc([N+](=O)[O-])cc3)cnc2c1. The molecule has 0 saturated carbocycles. The maximum absolute atomic E-state index is 12.6. The summed E-state index contributed by atoms with van der Waals surface area (Å²) in [5.74, 6) is 0.427. The van der Waals surface area contributed by atoms with Crippen LogP contribution in [-0.4, -0.2) is 26.7 Å². The average Bonchev–Trinajstić information content (AvgIpc) is 2.97. The van der Waals surface area contributed by atoms with E-state index in [1.54, 1.807) is 22.7 Å². The van der Waals surface area contributed by atoms with Gasteiger partial charge in [-0.15, -0.1) is 0 Å². The smallest absolute Gasteiger partial charge is 0.269 e. The van der Waals surface area contributed by atoms with E-state index in [0.29, 0.717) is 29.3 Å². The minimum absolute atomic E-state index is 0.0546. The van der Waals surface area contributed by atoms with Crippen molar-refractivity contribution in [1.29, 1.82) is 0 Å². The Hall–Kier alpha value is -3.22. The highest BCUT2D eigenvalue weighted by Crippen LogP contribution is 2.19. The van der Waals surface area contributed by atoms with Gasteiger partial charge < -0.3 is 4.74 Å². The van der Waals surface area contributed by atoms with Crippen molar-refractivity contribution < 1.29 is 14.5 Å². The van der Waals surface area contributed by atoms with Gasteiger partial charge in [-0.25, -0.2) is 4.98 Å². The van der Waals surface area contributed by atoms with Crippen molar-refractivity contribution in [3.8, 4) is 5.75 Å². The van der Waals surface area contributed by atoms with E-state index in [2.05, 4.69) is 4.98 Å². The molecule has 1 aromatic carbocycles. The number of nitro groups is 1. The molecule has 2 aromatic heterocycles. The molecule has 0 atom stereocenters. The van der Waals surface area contributed by atoms with Gasteiger partial charge in [-0.2, -0.15) is 0 Å². The molecule has 3 rings (SSSR count). The summed E-state index contributed by atoms with van der Waals surface area (Å²) in [6, 6.07) is 9.00. The molecule has 116 valence electrons. The Labute approximate surface area is 131 Å². The van der Waals surface area contributed by atoms with E-state index in [1.807, 2.05) is 6.92 Å². The summed E-state index contributed by atoms with van der Waals surface area (Å²) in [5.41, 5.74) is 1.30. The van der Waals surface area contributed by atoms with E-state index in [1.165, 1.54) is 30.5 Å². The number of carbonyl (C=O) groups excluding carboxylic acids is 1. The van der Waals surface area contributed by atoms with Crippen LogP contribution in [0.15, 0.2) is 48.8 Å². The number of ketones is 1. The predicted molar refractivity (Wildman–Crippen MR) is 82.9 cm³/mol. The van der Waals surface area contributed by atoms with Gasteiger partial charge in [0.25, 0.3) is 5.69 Å². The third-order valence-electron chi connectivity index (χ3n) is 3.37. The minimum atomic E-state index is -0.502. The van der Waals surface area contributed by atoms with E-state index in [0.717, 1.165) is 0 Å². The Morgan fingerprint density at radius 3 is 2.70 bits per heavy atom. The van der Waals surface area contributed by atoms with Crippen LogP contribution in [0.1, 0.15) is 23.0 Å². The van der Waals surface area contributed by atoms with E-state index in [-0.39, 0.29) is 11.5 Å². The van der Waals surface area contributed by atoms with Crippen molar-refractivity contribution in [3.63, 3.8) is 0 Å². The lowest BCUT2D eigenvalue weighted by Gasteiger charge is -2.05. The summed E-state index contributed by atoms with van der Waals surface area (Å²) in [5, 5.41) is 10.7. The van der Waals surface area contributed by atoms with Gasteiger partial charge in [0.05, 0.1) is 17.7 Å². The number of hydrogen-bond acceptors (Lipinski definition) is 5. The summed E-state index contributed by atoms with van der Waals surface area (Å²) in [6.07, 6.45) is 3.20. The molecule has 0 aliphatic rings.